The van der Waals surface area contributed by atoms with Gasteiger partial charge in [0.1, 0.15) is 0 Å². The Kier molecular flexibility index (Phi) is 6.15. The van der Waals surface area contributed by atoms with Crippen molar-refractivity contribution in [2.45, 2.75) is 53.1 Å². The summed E-state index contributed by atoms with van der Waals surface area (Å²) >= 11 is 12.2. The molecular weight excluding hydrogens is 281 g/mol. The third-order valence-electron chi connectivity index (χ3n) is 3.46. The molecule has 0 aromatic carbocycles. The van der Waals surface area contributed by atoms with Crippen LogP contribution in [0.2, 0.25) is 5.02 Å². The molecule has 0 amide bonds. The van der Waals surface area contributed by atoms with Crippen LogP contribution < -0.4 is 5.32 Å². The van der Waals surface area contributed by atoms with E-state index in [1.165, 1.54) is 0 Å². The zero-order valence-electron chi connectivity index (χ0n) is 12.6. The predicted molar refractivity (Wildman–Crippen MR) is 83.0 cm³/mol. The summed E-state index contributed by atoms with van der Waals surface area (Å²) in [6.45, 7) is 9.46. The van der Waals surface area contributed by atoms with Crippen LogP contribution in [0.3, 0.4) is 0 Å². The van der Waals surface area contributed by atoms with Crippen LogP contribution in [0.4, 0.5) is 0 Å². The fraction of sp³-hybridized carbons (Fsp3) is 0.786. The lowest BCUT2D eigenvalue weighted by atomic mass is 9.85. The van der Waals surface area contributed by atoms with Crippen LogP contribution >= 0.6 is 23.2 Å². The number of rotatable bonds is 6. The quantitative estimate of drug-likeness (QED) is 0.811. The van der Waals surface area contributed by atoms with Crippen LogP contribution in [0.15, 0.2) is 0 Å². The van der Waals surface area contributed by atoms with Crippen LogP contribution in [0.5, 0.6) is 0 Å². The van der Waals surface area contributed by atoms with Crippen LogP contribution in [0.25, 0.3) is 0 Å². The smallest absolute Gasteiger partial charge is 0.0863 e. The molecular formula is C14H25Cl2N3. The highest BCUT2D eigenvalue weighted by Gasteiger charge is 2.24. The van der Waals surface area contributed by atoms with Gasteiger partial charge in [0.2, 0.25) is 0 Å². The van der Waals surface area contributed by atoms with Gasteiger partial charge in [-0.05, 0) is 18.3 Å². The molecule has 3 nitrogen and oxygen atoms in total. The Hall–Kier alpha value is -0.250. The monoisotopic (exact) mass is 305 g/mol. The van der Waals surface area contributed by atoms with Gasteiger partial charge in [0, 0.05) is 25.5 Å². The fourth-order valence-electron chi connectivity index (χ4n) is 2.18. The number of alkyl halides is 1. The van der Waals surface area contributed by atoms with Gasteiger partial charge in [-0.2, -0.15) is 5.10 Å². The number of aromatic nitrogens is 2. The summed E-state index contributed by atoms with van der Waals surface area (Å²) in [4.78, 5) is 0. The summed E-state index contributed by atoms with van der Waals surface area (Å²) < 4.78 is 1.87. The van der Waals surface area contributed by atoms with Gasteiger partial charge in [-0.15, -0.1) is 11.6 Å². The third kappa shape index (κ3) is 4.37. The Morgan fingerprint density at radius 1 is 1.37 bits per heavy atom. The van der Waals surface area contributed by atoms with Gasteiger partial charge in [0.15, 0.2) is 0 Å². The molecule has 0 fully saturated rings. The lowest BCUT2D eigenvalue weighted by molar-refractivity contribution is 0.259. The first-order chi connectivity index (χ1) is 8.81. The predicted octanol–water partition coefficient (Wildman–Crippen LogP) is 3.77. The van der Waals surface area contributed by atoms with E-state index in [1.807, 2.05) is 11.7 Å². The lowest BCUT2D eigenvalue weighted by Crippen LogP contribution is -2.40. The van der Waals surface area contributed by atoms with Gasteiger partial charge in [0.25, 0.3) is 0 Å². The van der Waals surface area contributed by atoms with Crippen molar-refractivity contribution in [3.05, 3.63) is 16.4 Å². The Labute approximate surface area is 126 Å². The molecule has 0 radical (unpaired) electrons. The zero-order chi connectivity index (χ0) is 14.6. The largest absolute Gasteiger partial charge is 0.308 e. The van der Waals surface area contributed by atoms with Crippen molar-refractivity contribution in [3.8, 4) is 0 Å². The van der Waals surface area contributed by atoms with E-state index >= 15 is 0 Å². The highest BCUT2D eigenvalue weighted by atomic mass is 35.5. The topological polar surface area (TPSA) is 29.9 Å². The fourth-order valence-corrected chi connectivity index (χ4v) is 2.76. The molecule has 110 valence electrons. The zero-order valence-corrected chi connectivity index (χ0v) is 14.1. The van der Waals surface area contributed by atoms with Gasteiger partial charge in [0.05, 0.1) is 16.4 Å². The SMILES string of the molecule is CCc1nn(C)c(CNC(CCCl)C(C)(C)C)c1Cl. The molecule has 1 N–H and O–H groups in total. The molecule has 0 aliphatic rings. The van der Waals surface area contributed by atoms with E-state index < -0.39 is 0 Å². The van der Waals surface area contributed by atoms with E-state index in [0.717, 1.165) is 35.8 Å². The minimum Gasteiger partial charge on any atom is -0.308 e. The van der Waals surface area contributed by atoms with E-state index in [0.29, 0.717) is 11.9 Å². The van der Waals surface area contributed by atoms with Crippen molar-refractivity contribution >= 4 is 23.2 Å². The molecule has 1 rings (SSSR count). The van der Waals surface area contributed by atoms with Crippen LogP contribution in [0, 0.1) is 5.41 Å². The van der Waals surface area contributed by atoms with Gasteiger partial charge in [-0.25, -0.2) is 0 Å². The van der Waals surface area contributed by atoms with E-state index in [2.05, 4.69) is 38.1 Å². The maximum absolute atomic E-state index is 6.36. The Balaban J connectivity index is 2.77. The molecule has 0 aliphatic heterocycles. The molecule has 0 spiro atoms. The second-order valence-corrected chi connectivity index (χ2v) is 6.72. The average Bonchev–Trinajstić information content (AvgIpc) is 2.59. The van der Waals surface area contributed by atoms with Crippen LogP contribution in [-0.2, 0) is 20.0 Å². The maximum atomic E-state index is 6.36. The molecule has 0 saturated heterocycles. The highest BCUT2D eigenvalue weighted by Crippen LogP contribution is 2.25. The Morgan fingerprint density at radius 2 is 2.00 bits per heavy atom. The highest BCUT2D eigenvalue weighted by molar-refractivity contribution is 6.31. The molecule has 0 aliphatic carbocycles. The normalized spacial score (nSPS) is 13.8. The molecule has 19 heavy (non-hydrogen) atoms. The molecule has 1 aromatic rings. The maximum Gasteiger partial charge on any atom is 0.0863 e. The van der Waals surface area contributed by atoms with E-state index in [1.54, 1.807) is 0 Å². The third-order valence-corrected chi connectivity index (χ3v) is 4.12. The summed E-state index contributed by atoms with van der Waals surface area (Å²) in [6.07, 6.45) is 1.80. The number of hydrogen-bond donors (Lipinski definition) is 1. The molecule has 1 heterocycles. The summed E-state index contributed by atoms with van der Waals surface area (Å²) in [5.74, 6) is 0.661. The van der Waals surface area contributed by atoms with Crippen molar-refractivity contribution in [2.75, 3.05) is 5.88 Å². The summed E-state index contributed by atoms with van der Waals surface area (Å²) in [6, 6.07) is 0.362. The first kappa shape index (κ1) is 16.8. The molecule has 0 bridgehead atoms. The van der Waals surface area contributed by atoms with Gasteiger partial charge < -0.3 is 5.32 Å². The standard InChI is InChI=1S/C14H25Cl2N3/c1-6-10-13(16)11(19(5)18-10)9-17-12(7-8-15)14(2,3)4/h12,17H,6-9H2,1-5H3. The molecule has 1 atom stereocenters. The number of nitrogens with zero attached hydrogens (tertiary/aromatic N) is 2. The second kappa shape index (κ2) is 6.96. The lowest BCUT2D eigenvalue weighted by Gasteiger charge is -2.31. The van der Waals surface area contributed by atoms with Crippen molar-refractivity contribution in [2.24, 2.45) is 12.5 Å². The van der Waals surface area contributed by atoms with Crippen LogP contribution in [-0.4, -0.2) is 21.7 Å². The molecule has 0 saturated carbocycles. The van der Waals surface area contributed by atoms with Crippen molar-refractivity contribution < 1.29 is 0 Å². The Morgan fingerprint density at radius 3 is 2.42 bits per heavy atom. The summed E-state index contributed by atoms with van der Waals surface area (Å²) in [7, 11) is 1.94. The van der Waals surface area contributed by atoms with E-state index in [-0.39, 0.29) is 5.41 Å². The van der Waals surface area contributed by atoms with E-state index in [9.17, 15) is 0 Å². The number of halogens is 2. The number of aryl methyl sites for hydroxylation is 2. The number of nitrogens with one attached hydrogen (secondary N) is 1. The minimum atomic E-state index is 0.174. The Bertz CT molecular complexity index is 408. The van der Waals surface area contributed by atoms with E-state index in [4.69, 9.17) is 23.2 Å². The van der Waals surface area contributed by atoms with Crippen LogP contribution in [0.1, 0.15) is 45.5 Å². The molecule has 1 unspecified atom stereocenters. The molecule has 1 aromatic heterocycles. The first-order valence-corrected chi connectivity index (χ1v) is 7.72. The van der Waals surface area contributed by atoms with Crippen molar-refractivity contribution in [1.82, 2.24) is 15.1 Å². The summed E-state index contributed by atoms with van der Waals surface area (Å²) in [5, 5.41) is 8.79. The molecule has 5 heteroatoms. The van der Waals surface area contributed by atoms with Gasteiger partial charge >= 0.3 is 0 Å². The van der Waals surface area contributed by atoms with Gasteiger partial charge in [-0.1, -0.05) is 39.3 Å². The second-order valence-electron chi connectivity index (χ2n) is 5.96. The van der Waals surface area contributed by atoms with Gasteiger partial charge in [-0.3, -0.25) is 4.68 Å². The summed E-state index contributed by atoms with van der Waals surface area (Å²) in [5.41, 5.74) is 2.18. The van der Waals surface area contributed by atoms with Crippen molar-refractivity contribution in [1.29, 1.82) is 0 Å². The average molecular weight is 306 g/mol. The number of hydrogen-bond acceptors (Lipinski definition) is 2. The van der Waals surface area contributed by atoms with Crippen molar-refractivity contribution in [3.63, 3.8) is 0 Å². The minimum absolute atomic E-state index is 0.174. The first-order valence-electron chi connectivity index (χ1n) is 6.80.